The average Bonchev–Trinajstić information content (AvgIpc) is 2.29. The lowest BCUT2D eigenvalue weighted by molar-refractivity contribution is 0.0945. The summed E-state index contributed by atoms with van der Waals surface area (Å²) in [5.41, 5.74) is -0.270. The van der Waals surface area contributed by atoms with Crippen LogP contribution in [0, 0.1) is 11.6 Å². The molecule has 0 aromatic heterocycles. The zero-order chi connectivity index (χ0) is 12.8. The Labute approximate surface area is 111 Å². The van der Waals surface area contributed by atoms with E-state index >= 15 is 0 Å². The quantitative estimate of drug-likeness (QED) is 0.866. The zero-order valence-electron chi connectivity index (χ0n) is 10.3. The molecule has 1 aromatic rings. The van der Waals surface area contributed by atoms with E-state index in [2.05, 4.69) is 10.6 Å². The van der Waals surface area contributed by atoms with Crippen LogP contribution in [0.2, 0.25) is 0 Å². The van der Waals surface area contributed by atoms with Crippen molar-refractivity contribution in [2.24, 2.45) is 0 Å². The van der Waals surface area contributed by atoms with Crippen LogP contribution in [0.25, 0.3) is 0 Å². The Morgan fingerprint density at radius 2 is 2.06 bits per heavy atom. The van der Waals surface area contributed by atoms with Gasteiger partial charge >= 0.3 is 0 Å². The first-order chi connectivity index (χ1) is 8.04. The summed E-state index contributed by atoms with van der Waals surface area (Å²) >= 11 is 0. The number of halogens is 3. The van der Waals surface area contributed by atoms with Crippen LogP contribution in [-0.2, 0) is 0 Å². The second-order valence-electron chi connectivity index (χ2n) is 3.79. The molecule has 0 spiro atoms. The van der Waals surface area contributed by atoms with Crippen LogP contribution in [0.1, 0.15) is 24.2 Å². The first-order valence-corrected chi connectivity index (χ1v) is 5.51. The molecule has 2 N–H and O–H groups in total. The van der Waals surface area contributed by atoms with E-state index < -0.39 is 17.5 Å². The summed E-state index contributed by atoms with van der Waals surface area (Å²) in [6.07, 6.45) is 0. The van der Waals surface area contributed by atoms with Gasteiger partial charge in [0.2, 0.25) is 0 Å². The number of hydrogen-bond donors (Lipinski definition) is 2. The van der Waals surface area contributed by atoms with Crippen LogP contribution in [-0.4, -0.2) is 25.0 Å². The highest BCUT2D eigenvalue weighted by Crippen LogP contribution is 2.09. The van der Waals surface area contributed by atoms with Gasteiger partial charge in [0.15, 0.2) is 0 Å². The van der Waals surface area contributed by atoms with Crippen molar-refractivity contribution in [1.82, 2.24) is 10.6 Å². The molecule has 102 valence electrons. The molecule has 1 atom stereocenters. The second kappa shape index (κ2) is 8.00. The summed E-state index contributed by atoms with van der Waals surface area (Å²) < 4.78 is 26.1. The fourth-order valence-electron chi connectivity index (χ4n) is 1.43. The van der Waals surface area contributed by atoms with Crippen molar-refractivity contribution in [3.8, 4) is 0 Å². The first-order valence-electron chi connectivity index (χ1n) is 5.51. The summed E-state index contributed by atoms with van der Waals surface area (Å²) in [4.78, 5) is 11.6. The number of benzene rings is 1. The van der Waals surface area contributed by atoms with Gasteiger partial charge in [0.05, 0.1) is 5.56 Å². The minimum atomic E-state index is -0.722. The maximum absolute atomic E-state index is 13.2. The van der Waals surface area contributed by atoms with E-state index in [-0.39, 0.29) is 24.0 Å². The summed E-state index contributed by atoms with van der Waals surface area (Å²) in [7, 11) is 0. The Morgan fingerprint density at radius 1 is 1.39 bits per heavy atom. The van der Waals surface area contributed by atoms with Gasteiger partial charge in [-0.25, -0.2) is 8.78 Å². The number of amides is 1. The van der Waals surface area contributed by atoms with Crippen LogP contribution in [0.4, 0.5) is 8.78 Å². The van der Waals surface area contributed by atoms with Crippen LogP contribution < -0.4 is 10.6 Å². The van der Waals surface area contributed by atoms with E-state index in [4.69, 9.17) is 0 Å². The van der Waals surface area contributed by atoms with Crippen molar-refractivity contribution in [3.05, 3.63) is 35.4 Å². The third-order valence-electron chi connectivity index (χ3n) is 2.29. The molecule has 0 radical (unpaired) electrons. The molecule has 3 nitrogen and oxygen atoms in total. The smallest absolute Gasteiger partial charge is 0.254 e. The molecule has 0 heterocycles. The fraction of sp³-hybridized carbons (Fsp3) is 0.417. The van der Waals surface area contributed by atoms with Gasteiger partial charge in [0.25, 0.3) is 5.91 Å². The summed E-state index contributed by atoms with van der Waals surface area (Å²) in [5, 5.41) is 5.64. The predicted octanol–water partition coefficient (Wildman–Crippen LogP) is 2.11. The van der Waals surface area contributed by atoms with Crippen molar-refractivity contribution in [2.45, 2.75) is 19.9 Å². The van der Waals surface area contributed by atoms with Gasteiger partial charge in [-0.3, -0.25) is 4.79 Å². The Bertz CT molecular complexity index is 402. The largest absolute Gasteiger partial charge is 0.350 e. The topological polar surface area (TPSA) is 41.1 Å². The molecule has 0 saturated heterocycles. The monoisotopic (exact) mass is 278 g/mol. The van der Waals surface area contributed by atoms with E-state index in [1.165, 1.54) is 0 Å². The molecule has 0 bridgehead atoms. The van der Waals surface area contributed by atoms with Crippen molar-refractivity contribution in [1.29, 1.82) is 0 Å². The number of rotatable bonds is 5. The Kier molecular flexibility index (Phi) is 7.47. The normalized spacial score (nSPS) is 11.6. The number of carbonyl (C=O) groups is 1. The van der Waals surface area contributed by atoms with Crippen LogP contribution in [0.3, 0.4) is 0 Å². The molecule has 0 aliphatic carbocycles. The van der Waals surface area contributed by atoms with Crippen molar-refractivity contribution in [3.63, 3.8) is 0 Å². The van der Waals surface area contributed by atoms with Gasteiger partial charge in [0.1, 0.15) is 11.6 Å². The van der Waals surface area contributed by atoms with Gasteiger partial charge in [-0.15, -0.1) is 12.4 Å². The fourth-order valence-corrected chi connectivity index (χ4v) is 1.43. The first kappa shape index (κ1) is 16.8. The lowest BCUT2D eigenvalue weighted by Gasteiger charge is -2.13. The van der Waals surface area contributed by atoms with Crippen molar-refractivity contribution >= 4 is 18.3 Å². The third-order valence-corrected chi connectivity index (χ3v) is 2.29. The highest BCUT2D eigenvalue weighted by Gasteiger charge is 2.13. The maximum atomic E-state index is 13.2. The molecule has 0 aliphatic heterocycles. The second-order valence-corrected chi connectivity index (χ2v) is 3.79. The van der Waals surface area contributed by atoms with Gasteiger partial charge in [-0.2, -0.15) is 0 Å². The number of carbonyl (C=O) groups excluding carboxylic acids is 1. The maximum Gasteiger partial charge on any atom is 0.254 e. The van der Waals surface area contributed by atoms with Gasteiger partial charge < -0.3 is 10.6 Å². The number of hydrogen-bond acceptors (Lipinski definition) is 2. The molecule has 0 aliphatic rings. The molecular formula is C12H17ClF2N2O. The molecule has 1 amide bonds. The molecule has 0 fully saturated rings. The summed E-state index contributed by atoms with van der Waals surface area (Å²) in [6.45, 7) is 4.99. The SMILES string of the molecule is CCN[C@H](C)CNC(=O)c1cc(F)ccc1F.Cl. The Balaban J connectivity index is 0.00000289. The van der Waals surface area contributed by atoms with E-state index in [1.807, 2.05) is 13.8 Å². The van der Waals surface area contributed by atoms with E-state index in [9.17, 15) is 13.6 Å². The Hall–Kier alpha value is -1.20. The van der Waals surface area contributed by atoms with Crippen molar-refractivity contribution in [2.75, 3.05) is 13.1 Å². The Morgan fingerprint density at radius 3 is 2.67 bits per heavy atom. The summed E-state index contributed by atoms with van der Waals surface area (Å²) in [5.74, 6) is -1.96. The highest BCUT2D eigenvalue weighted by atomic mass is 35.5. The number of nitrogens with one attached hydrogen (secondary N) is 2. The lowest BCUT2D eigenvalue weighted by atomic mass is 10.2. The molecule has 0 unspecified atom stereocenters. The van der Waals surface area contributed by atoms with Crippen LogP contribution in [0.5, 0.6) is 0 Å². The average molecular weight is 279 g/mol. The highest BCUT2D eigenvalue weighted by molar-refractivity contribution is 5.94. The molecular weight excluding hydrogens is 262 g/mol. The molecule has 0 saturated carbocycles. The minimum absolute atomic E-state index is 0. The predicted molar refractivity (Wildman–Crippen MR) is 69.1 cm³/mol. The molecule has 1 aromatic carbocycles. The zero-order valence-corrected chi connectivity index (χ0v) is 11.1. The van der Waals surface area contributed by atoms with Gasteiger partial charge in [-0.1, -0.05) is 6.92 Å². The molecule has 1 rings (SSSR count). The van der Waals surface area contributed by atoms with Crippen molar-refractivity contribution < 1.29 is 13.6 Å². The minimum Gasteiger partial charge on any atom is -0.350 e. The van der Waals surface area contributed by atoms with E-state index in [0.29, 0.717) is 6.54 Å². The summed E-state index contributed by atoms with van der Waals surface area (Å²) in [6, 6.07) is 2.90. The number of likely N-dealkylation sites (N-methyl/N-ethyl adjacent to an activating group) is 1. The van der Waals surface area contributed by atoms with Gasteiger partial charge in [0, 0.05) is 12.6 Å². The standard InChI is InChI=1S/C12H16F2N2O.ClH/c1-3-15-8(2)7-16-12(17)10-6-9(13)4-5-11(10)14;/h4-6,8,15H,3,7H2,1-2H3,(H,16,17);1H/t8-;/m1./s1. The van der Waals surface area contributed by atoms with Crippen LogP contribution in [0.15, 0.2) is 18.2 Å². The molecule has 6 heteroatoms. The van der Waals surface area contributed by atoms with Gasteiger partial charge in [-0.05, 0) is 31.7 Å². The van der Waals surface area contributed by atoms with E-state index in [0.717, 1.165) is 24.7 Å². The molecule has 18 heavy (non-hydrogen) atoms. The third kappa shape index (κ3) is 4.98. The van der Waals surface area contributed by atoms with Crippen LogP contribution >= 0.6 is 12.4 Å². The van der Waals surface area contributed by atoms with E-state index in [1.54, 1.807) is 0 Å². The lowest BCUT2D eigenvalue weighted by Crippen LogP contribution is -2.39.